The zero-order valence-electron chi connectivity index (χ0n) is 14.3. The number of carboxylic acids is 1. The van der Waals surface area contributed by atoms with E-state index in [0.29, 0.717) is 30.4 Å². The molecule has 136 valence electrons. The summed E-state index contributed by atoms with van der Waals surface area (Å²) in [5.74, 6) is -1.13. The number of carbonyl (C=O) groups is 1. The maximum absolute atomic E-state index is 12.5. The molecule has 25 heavy (non-hydrogen) atoms. The fourth-order valence-corrected chi connectivity index (χ4v) is 2.72. The van der Waals surface area contributed by atoms with E-state index in [1.165, 1.54) is 10.9 Å². The van der Waals surface area contributed by atoms with Crippen LogP contribution in [-0.4, -0.2) is 41.0 Å². The van der Waals surface area contributed by atoms with Gasteiger partial charge in [0.05, 0.1) is 12.4 Å². The van der Waals surface area contributed by atoms with Gasteiger partial charge in [-0.3, -0.25) is 13.9 Å². The average Bonchev–Trinajstić information content (AvgIpc) is 2.93. The van der Waals surface area contributed by atoms with Gasteiger partial charge < -0.3 is 14.8 Å². The molecule has 1 atom stereocenters. The van der Waals surface area contributed by atoms with Crippen LogP contribution in [-0.2, 0) is 25.4 Å². The van der Waals surface area contributed by atoms with E-state index in [4.69, 9.17) is 5.11 Å². The van der Waals surface area contributed by atoms with Crippen LogP contribution in [0.25, 0.3) is 11.2 Å². The largest absolute Gasteiger partial charge is 0.478 e. The van der Waals surface area contributed by atoms with Crippen molar-refractivity contribution in [2.24, 2.45) is 14.1 Å². The van der Waals surface area contributed by atoms with Crippen LogP contribution in [0.4, 0.5) is 0 Å². The monoisotopic (exact) mass is 350 g/mol. The fourth-order valence-electron chi connectivity index (χ4n) is 2.72. The number of aliphatic carboxylic acids is 1. The Bertz CT molecular complexity index is 921. The molecule has 0 aromatic carbocycles. The Kier molecular flexibility index (Phi) is 5.58. The molecule has 0 saturated carbocycles. The van der Waals surface area contributed by atoms with E-state index < -0.39 is 23.3 Å². The standard InChI is InChI=1S/C16H22N4O5/c1-10(15(23)24)8-11(21)6-4-5-7-20-14(22)12-13(17-9-18(12)2)19(3)16(20)25/h9,11,21H,1,4-8H2,2-3H3,(H,23,24). The van der Waals surface area contributed by atoms with E-state index in [1.54, 1.807) is 18.7 Å². The number of imidazole rings is 1. The number of unbranched alkanes of at least 4 members (excludes halogenated alkanes) is 1. The molecule has 1 unspecified atom stereocenters. The van der Waals surface area contributed by atoms with Crippen molar-refractivity contribution in [3.8, 4) is 0 Å². The van der Waals surface area contributed by atoms with Crippen molar-refractivity contribution in [2.75, 3.05) is 0 Å². The molecule has 2 heterocycles. The smallest absolute Gasteiger partial charge is 0.332 e. The molecule has 0 amide bonds. The number of nitrogens with zero attached hydrogens (tertiary/aromatic N) is 4. The highest BCUT2D eigenvalue weighted by atomic mass is 16.4. The van der Waals surface area contributed by atoms with Crippen LogP contribution >= 0.6 is 0 Å². The van der Waals surface area contributed by atoms with Crippen LogP contribution in [0.2, 0.25) is 0 Å². The highest BCUT2D eigenvalue weighted by Crippen LogP contribution is 2.10. The fraction of sp³-hybridized carbons (Fsp3) is 0.500. The van der Waals surface area contributed by atoms with Crippen molar-refractivity contribution in [1.29, 1.82) is 0 Å². The number of aromatic nitrogens is 4. The number of aryl methyl sites for hydroxylation is 2. The van der Waals surface area contributed by atoms with Crippen molar-refractivity contribution in [1.82, 2.24) is 18.7 Å². The Hall–Kier alpha value is -2.68. The van der Waals surface area contributed by atoms with E-state index in [1.807, 2.05) is 0 Å². The highest BCUT2D eigenvalue weighted by Gasteiger charge is 2.15. The van der Waals surface area contributed by atoms with Gasteiger partial charge in [0.2, 0.25) is 0 Å². The van der Waals surface area contributed by atoms with Gasteiger partial charge in [-0.15, -0.1) is 0 Å². The lowest BCUT2D eigenvalue weighted by Gasteiger charge is -2.11. The molecule has 2 aromatic heterocycles. The molecule has 0 bridgehead atoms. The topological polar surface area (TPSA) is 119 Å². The molecular weight excluding hydrogens is 328 g/mol. The zero-order valence-corrected chi connectivity index (χ0v) is 14.3. The zero-order chi connectivity index (χ0) is 18.7. The van der Waals surface area contributed by atoms with E-state index in [0.717, 1.165) is 4.57 Å². The van der Waals surface area contributed by atoms with Gasteiger partial charge in [0.15, 0.2) is 11.2 Å². The van der Waals surface area contributed by atoms with Crippen LogP contribution in [0.15, 0.2) is 28.1 Å². The van der Waals surface area contributed by atoms with E-state index in [-0.39, 0.29) is 18.5 Å². The number of hydrogen-bond acceptors (Lipinski definition) is 5. The number of aliphatic hydroxyl groups excluding tert-OH is 1. The van der Waals surface area contributed by atoms with Crippen LogP contribution in [0, 0.1) is 0 Å². The highest BCUT2D eigenvalue weighted by molar-refractivity contribution is 5.85. The molecule has 0 fully saturated rings. The minimum absolute atomic E-state index is 0.00196. The summed E-state index contributed by atoms with van der Waals surface area (Å²) in [6.45, 7) is 3.60. The van der Waals surface area contributed by atoms with E-state index in [2.05, 4.69) is 11.6 Å². The minimum Gasteiger partial charge on any atom is -0.478 e. The van der Waals surface area contributed by atoms with Crippen molar-refractivity contribution in [3.05, 3.63) is 39.3 Å². The molecule has 0 saturated heterocycles. The molecule has 0 spiro atoms. The number of aliphatic hydroxyl groups is 1. The molecule has 0 aliphatic rings. The van der Waals surface area contributed by atoms with E-state index >= 15 is 0 Å². The first-order valence-corrected chi connectivity index (χ1v) is 7.94. The summed E-state index contributed by atoms with van der Waals surface area (Å²) < 4.78 is 4.07. The first-order chi connectivity index (χ1) is 11.7. The summed E-state index contributed by atoms with van der Waals surface area (Å²) in [6, 6.07) is 0. The van der Waals surface area contributed by atoms with Crippen molar-refractivity contribution >= 4 is 17.1 Å². The third-order valence-corrected chi connectivity index (χ3v) is 4.15. The normalized spacial score (nSPS) is 12.4. The van der Waals surface area contributed by atoms with Crippen molar-refractivity contribution < 1.29 is 15.0 Å². The molecule has 2 aromatic rings. The van der Waals surface area contributed by atoms with Gasteiger partial charge in [0, 0.05) is 32.6 Å². The Labute approximate surface area is 143 Å². The van der Waals surface area contributed by atoms with Gasteiger partial charge in [-0.1, -0.05) is 6.58 Å². The number of fused-ring (bicyclic) bond motifs is 1. The second kappa shape index (κ2) is 7.47. The first-order valence-electron chi connectivity index (χ1n) is 7.94. The molecule has 0 radical (unpaired) electrons. The SMILES string of the molecule is C=C(CC(O)CCCCn1c(=O)c2c(ncn2C)n(C)c1=O)C(=O)O. The molecule has 2 rings (SSSR count). The van der Waals surface area contributed by atoms with Gasteiger partial charge >= 0.3 is 11.7 Å². The van der Waals surface area contributed by atoms with Gasteiger partial charge in [0.1, 0.15) is 0 Å². The summed E-state index contributed by atoms with van der Waals surface area (Å²) in [6.07, 6.45) is 2.11. The van der Waals surface area contributed by atoms with Crippen LogP contribution in [0.3, 0.4) is 0 Å². The van der Waals surface area contributed by atoms with Gasteiger partial charge in [-0.25, -0.2) is 14.6 Å². The number of carboxylic acid groups (broad SMARTS) is 1. The molecular formula is C16H22N4O5. The predicted octanol–water partition coefficient (Wildman–Crippen LogP) is -0.00420. The predicted molar refractivity (Wildman–Crippen MR) is 91.5 cm³/mol. The first kappa shape index (κ1) is 18.7. The average molecular weight is 350 g/mol. The van der Waals surface area contributed by atoms with E-state index in [9.17, 15) is 19.5 Å². The summed E-state index contributed by atoms with van der Waals surface area (Å²) in [5.41, 5.74) is -0.163. The second-order valence-electron chi connectivity index (χ2n) is 6.09. The lowest BCUT2D eigenvalue weighted by Crippen LogP contribution is -2.39. The summed E-state index contributed by atoms with van der Waals surface area (Å²) in [5, 5.41) is 18.5. The van der Waals surface area contributed by atoms with Gasteiger partial charge in [0.25, 0.3) is 5.56 Å². The van der Waals surface area contributed by atoms with Gasteiger partial charge in [-0.05, 0) is 19.3 Å². The Balaban J connectivity index is 2.03. The third-order valence-electron chi connectivity index (χ3n) is 4.15. The number of rotatable bonds is 8. The lowest BCUT2D eigenvalue weighted by atomic mass is 10.0. The van der Waals surface area contributed by atoms with Crippen LogP contribution in [0.1, 0.15) is 25.7 Å². The Morgan fingerprint density at radius 2 is 2.00 bits per heavy atom. The molecule has 9 heteroatoms. The molecule has 0 aliphatic heterocycles. The summed E-state index contributed by atoms with van der Waals surface area (Å²) >= 11 is 0. The Morgan fingerprint density at radius 3 is 2.64 bits per heavy atom. The Morgan fingerprint density at radius 1 is 1.32 bits per heavy atom. The maximum Gasteiger partial charge on any atom is 0.332 e. The minimum atomic E-state index is -1.13. The quantitative estimate of drug-likeness (QED) is 0.511. The summed E-state index contributed by atoms with van der Waals surface area (Å²) in [7, 11) is 3.26. The second-order valence-corrected chi connectivity index (χ2v) is 6.09. The van der Waals surface area contributed by atoms with Crippen LogP contribution in [0.5, 0.6) is 0 Å². The van der Waals surface area contributed by atoms with Crippen LogP contribution < -0.4 is 11.2 Å². The van der Waals surface area contributed by atoms with Gasteiger partial charge in [-0.2, -0.15) is 0 Å². The maximum atomic E-state index is 12.5. The molecule has 9 nitrogen and oxygen atoms in total. The van der Waals surface area contributed by atoms with Crippen molar-refractivity contribution in [2.45, 2.75) is 38.3 Å². The molecule has 2 N–H and O–H groups in total. The van der Waals surface area contributed by atoms with Crippen molar-refractivity contribution in [3.63, 3.8) is 0 Å². The lowest BCUT2D eigenvalue weighted by molar-refractivity contribution is -0.133. The molecule has 0 aliphatic carbocycles. The summed E-state index contributed by atoms with van der Waals surface area (Å²) in [4.78, 5) is 39.5. The number of hydrogen-bond donors (Lipinski definition) is 2. The third kappa shape index (κ3) is 3.87.